The van der Waals surface area contributed by atoms with Gasteiger partial charge in [-0.05, 0) is 25.5 Å². The summed E-state index contributed by atoms with van der Waals surface area (Å²) in [4.78, 5) is 9.13. The topological polar surface area (TPSA) is 30.7 Å². The van der Waals surface area contributed by atoms with Crippen molar-refractivity contribution >= 4 is 34.0 Å². The van der Waals surface area contributed by atoms with Gasteiger partial charge < -0.3 is 4.57 Å². The quantitative estimate of drug-likeness (QED) is 0.685. The molecular weight excluding hydrogens is 278 g/mol. The number of halogens is 1. The van der Waals surface area contributed by atoms with E-state index >= 15 is 0 Å². The Morgan fingerprint density at radius 1 is 1.26 bits per heavy atom. The van der Waals surface area contributed by atoms with Crippen molar-refractivity contribution in [2.75, 3.05) is 0 Å². The highest BCUT2D eigenvalue weighted by Crippen LogP contribution is 2.22. The minimum absolute atomic E-state index is 0.414. The van der Waals surface area contributed by atoms with Gasteiger partial charge >= 0.3 is 0 Å². The molecule has 5 heteroatoms. The maximum Gasteiger partial charge on any atom is 0.125 e. The number of para-hydroxylation sites is 1. The van der Waals surface area contributed by atoms with Crippen LogP contribution in [-0.2, 0) is 12.4 Å². The number of benzene rings is 1. The normalized spacial score (nSPS) is 11.3. The third kappa shape index (κ3) is 2.26. The fourth-order valence-corrected chi connectivity index (χ4v) is 3.14. The van der Waals surface area contributed by atoms with Crippen molar-refractivity contribution in [3.63, 3.8) is 0 Å². The summed E-state index contributed by atoms with van der Waals surface area (Å²) in [5, 5.41) is 3.18. The smallest absolute Gasteiger partial charge is 0.125 e. The maximum absolute atomic E-state index is 6.03. The van der Waals surface area contributed by atoms with Crippen LogP contribution in [-0.4, -0.2) is 14.5 Å². The second-order valence-electron chi connectivity index (χ2n) is 4.55. The van der Waals surface area contributed by atoms with Crippen LogP contribution in [0, 0.1) is 13.8 Å². The predicted octanol–water partition coefficient (Wildman–Crippen LogP) is 3.90. The molecule has 19 heavy (non-hydrogen) atoms. The molecule has 2 aromatic heterocycles. The third-order valence-electron chi connectivity index (χ3n) is 3.15. The molecule has 0 fully saturated rings. The molecule has 0 saturated heterocycles. The van der Waals surface area contributed by atoms with Gasteiger partial charge in [0.05, 0.1) is 34.2 Å². The zero-order chi connectivity index (χ0) is 13.4. The van der Waals surface area contributed by atoms with E-state index in [0.29, 0.717) is 5.88 Å². The van der Waals surface area contributed by atoms with Gasteiger partial charge in [-0.1, -0.05) is 12.1 Å². The van der Waals surface area contributed by atoms with Crippen molar-refractivity contribution in [2.45, 2.75) is 26.3 Å². The SMILES string of the molecule is Cc1nc(Cn2c(CCl)nc3cccc(C)c32)cs1. The third-order valence-corrected chi connectivity index (χ3v) is 4.22. The van der Waals surface area contributed by atoms with E-state index in [1.807, 2.05) is 19.1 Å². The number of hydrogen-bond acceptors (Lipinski definition) is 3. The lowest BCUT2D eigenvalue weighted by atomic mass is 10.2. The summed E-state index contributed by atoms with van der Waals surface area (Å²) in [6.07, 6.45) is 0. The fraction of sp³-hybridized carbons (Fsp3) is 0.286. The minimum Gasteiger partial charge on any atom is -0.321 e. The summed E-state index contributed by atoms with van der Waals surface area (Å²) in [5.74, 6) is 1.31. The first-order chi connectivity index (χ1) is 9.19. The monoisotopic (exact) mass is 291 g/mol. The predicted molar refractivity (Wildman–Crippen MR) is 80.0 cm³/mol. The Balaban J connectivity index is 2.15. The van der Waals surface area contributed by atoms with Gasteiger partial charge in [0.1, 0.15) is 5.82 Å². The summed E-state index contributed by atoms with van der Waals surface area (Å²) in [7, 11) is 0. The molecule has 0 radical (unpaired) electrons. The van der Waals surface area contributed by atoms with Crippen LogP contribution in [0.2, 0.25) is 0 Å². The lowest BCUT2D eigenvalue weighted by molar-refractivity contribution is 0.759. The molecule has 3 nitrogen and oxygen atoms in total. The molecule has 2 heterocycles. The van der Waals surface area contributed by atoms with Crippen molar-refractivity contribution in [2.24, 2.45) is 0 Å². The largest absolute Gasteiger partial charge is 0.321 e. The molecular formula is C14H14ClN3S. The average molecular weight is 292 g/mol. The van der Waals surface area contributed by atoms with Crippen LogP contribution >= 0.6 is 22.9 Å². The van der Waals surface area contributed by atoms with Gasteiger partial charge in [-0.2, -0.15) is 0 Å². The van der Waals surface area contributed by atoms with E-state index in [-0.39, 0.29) is 0 Å². The van der Waals surface area contributed by atoms with Crippen LogP contribution in [0.1, 0.15) is 22.1 Å². The van der Waals surface area contributed by atoms with E-state index < -0.39 is 0 Å². The van der Waals surface area contributed by atoms with Gasteiger partial charge in [0, 0.05) is 5.38 Å². The zero-order valence-electron chi connectivity index (χ0n) is 10.9. The van der Waals surface area contributed by atoms with Gasteiger partial charge in [-0.3, -0.25) is 0 Å². The minimum atomic E-state index is 0.414. The number of aryl methyl sites for hydroxylation is 2. The number of hydrogen-bond donors (Lipinski definition) is 0. The Bertz CT molecular complexity index is 729. The summed E-state index contributed by atoms with van der Waals surface area (Å²) in [6.45, 7) is 4.85. The van der Waals surface area contributed by atoms with Crippen LogP contribution in [0.3, 0.4) is 0 Å². The zero-order valence-corrected chi connectivity index (χ0v) is 12.4. The number of rotatable bonds is 3. The van der Waals surface area contributed by atoms with Gasteiger partial charge in [0.2, 0.25) is 0 Å². The second-order valence-corrected chi connectivity index (χ2v) is 5.88. The second kappa shape index (κ2) is 4.94. The number of thiazole rings is 1. The van der Waals surface area contributed by atoms with Crippen LogP contribution in [0.4, 0.5) is 0 Å². The van der Waals surface area contributed by atoms with Crippen molar-refractivity contribution in [1.82, 2.24) is 14.5 Å². The van der Waals surface area contributed by atoms with Gasteiger partial charge in [0.25, 0.3) is 0 Å². The Kier molecular flexibility index (Phi) is 3.29. The van der Waals surface area contributed by atoms with E-state index in [0.717, 1.165) is 34.1 Å². The van der Waals surface area contributed by atoms with E-state index in [4.69, 9.17) is 11.6 Å². The van der Waals surface area contributed by atoms with Gasteiger partial charge in [-0.25, -0.2) is 9.97 Å². The van der Waals surface area contributed by atoms with E-state index in [9.17, 15) is 0 Å². The van der Waals surface area contributed by atoms with Gasteiger partial charge in [-0.15, -0.1) is 22.9 Å². The molecule has 3 aromatic rings. The van der Waals surface area contributed by atoms with Crippen molar-refractivity contribution in [1.29, 1.82) is 0 Å². The fourth-order valence-electron chi connectivity index (χ4n) is 2.33. The van der Waals surface area contributed by atoms with E-state index in [1.165, 1.54) is 5.56 Å². The average Bonchev–Trinajstić information content (AvgIpc) is 2.95. The molecule has 98 valence electrons. The maximum atomic E-state index is 6.03. The molecule has 0 aliphatic rings. The lowest BCUT2D eigenvalue weighted by Gasteiger charge is -2.07. The molecule has 0 unspecified atom stereocenters. The molecule has 0 amide bonds. The molecule has 3 rings (SSSR count). The highest BCUT2D eigenvalue weighted by Gasteiger charge is 2.13. The summed E-state index contributed by atoms with van der Waals surface area (Å²) < 4.78 is 2.17. The summed E-state index contributed by atoms with van der Waals surface area (Å²) >= 11 is 7.70. The first-order valence-electron chi connectivity index (χ1n) is 6.10. The Morgan fingerprint density at radius 2 is 2.11 bits per heavy atom. The Morgan fingerprint density at radius 3 is 2.79 bits per heavy atom. The van der Waals surface area contributed by atoms with E-state index in [2.05, 4.69) is 32.9 Å². The standard InChI is InChI=1S/C14H14ClN3S/c1-9-4-3-5-12-14(9)18(13(6-15)17-12)7-11-8-19-10(2)16-11/h3-5,8H,6-7H2,1-2H3. The highest BCUT2D eigenvalue weighted by atomic mass is 35.5. The van der Waals surface area contributed by atoms with Gasteiger partial charge in [0.15, 0.2) is 0 Å². The van der Waals surface area contributed by atoms with Crippen LogP contribution in [0.25, 0.3) is 11.0 Å². The molecule has 0 spiro atoms. The van der Waals surface area contributed by atoms with Crippen LogP contribution in [0.15, 0.2) is 23.6 Å². The molecule has 0 N–H and O–H groups in total. The number of imidazole rings is 1. The number of fused-ring (bicyclic) bond motifs is 1. The van der Waals surface area contributed by atoms with E-state index in [1.54, 1.807) is 11.3 Å². The summed E-state index contributed by atoms with van der Waals surface area (Å²) in [5.41, 5.74) is 4.44. The number of nitrogens with zero attached hydrogens (tertiary/aromatic N) is 3. The molecule has 0 bridgehead atoms. The van der Waals surface area contributed by atoms with Crippen molar-refractivity contribution in [3.05, 3.63) is 45.7 Å². The summed E-state index contributed by atoms with van der Waals surface area (Å²) in [6, 6.07) is 6.16. The highest BCUT2D eigenvalue weighted by molar-refractivity contribution is 7.09. The van der Waals surface area contributed by atoms with Crippen LogP contribution < -0.4 is 0 Å². The Hall–Kier alpha value is -1.39. The molecule has 1 aromatic carbocycles. The molecule has 0 aliphatic carbocycles. The van der Waals surface area contributed by atoms with Crippen molar-refractivity contribution < 1.29 is 0 Å². The van der Waals surface area contributed by atoms with Crippen molar-refractivity contribution in [3.8, 4) is 0 Å². The molecule has 0 aliphatic heterocycles. The first-order valence-corrected chi connectivity index (χ1v) is 7.52. The lowest BCUT2D eigenvalue weighted by Crippen LogP contribution is -2.05. The van der Waals surface area contributed by atoms with Crippen LogP contribution in [0.5, 0.6) is 0 Å². The molecule has 0 saturated carbocycles. The first kappa shape index (κ1) is 12.6. The number of aromatic nitrogens is 3. The molecule has 0 atom stereocenters. The number of alkyl halides is 1. The Labute approximate surface area is 120 Å².